The number of esters is 1. The summed E-state index contributed by atoms with van der Waals surface area (Å²) in [5, 5.41) is 2.82. The molecule has 0 spiro atoms. The fraction of sp³-hybridized carbons (Fsp3) is 0.538. The van der Waals surface area contributed by atoms with Crippen molar-refractivity contribution in [3.8, 4) is 0 Å². The van der Waals surface area contributed by atoms with Crippen LogP contribution in [0.25, 0.3) is 0 Å². The van der Waals surface area contributed by atoms with Crippen molar-refractivity contribution in [1.82, 2.24) is 5.32 Å². The first kappa shape index (κ1) is 14.8. The average molecular weight is 298 g/mol. The summed E-state index contributed by atoms with van der Waals surface area (Å²) >= 11 is 1.26. The molecule has 110 valence electrons. The first-order valence-corrected chi connectivity index (χ1v) is 7.28. The van der Waals surface area contributed by atoms with Gasteiger partial charge in [0.05, 0.1) is 0 Å². The highest BCUT2D eigenvalue weighted by Crippen LogP contribution is 2.23. The molecule has 1 aliphatic rings. The van der Waals surface area contributed by atoms with Crippen LogP contribution >= 0.6 is 11.3 Å². The monoisotopic (exact) mass is 298 g/mol. The molecule has 0 bridgehead atoms. The van der Waals surface area contributed by atoms with Crippen LogP contribution in [0.4, 0.5) is 5.69 Å². The Kier molecular flexibility index (Phi) is 4.97. The number of nitrogens with one attached hydrogen (secondary N) is 1. The molecule has 20 heavy (non-hydrogen) atoms. The summed E-state index contributed by atoms with van der Waals surface area (Å²) in [5.74, 6) is -0.802. The number of carbonyl (C=O) groups is 2. The van der Waals surface area contributed by atoms with Crippen LogP contribution in [0.2, 0.25) is 0 Å². The van der Waals surface area contributed by atoms with Gasteiger partial charge in [-0.2, -0.15) is 0 Å². The zero-order chi connectivity index (χ0) is 14.5. The lowest BCUT2D eigenvalue weighted by molar-refractivity contribution is -0.125. The van der Waals surface area contributed by atoms with Crippen molar-refractivity contribution in [1.29, 1.82) is 0 Å². The van der Waals surface area contributed by atoms with Crippen LogP contribution in [0.15, 0.2) is 6.07 Å². The van der Waals surface area contributed by atoms with E-state index in [-0.39, 0.29) is 18.6 Å². The molecule has 7 heteroatoms. The number of amides is 1. The highest BCUT2D eigenvalue weighted by molar-refractivity contribution is 7.14. The molecule has 1 aromatic heterocycles. The van der Waals surface area contributed by atoms with E-state index in [4.69, 9.17) is 15.2 Å². The quantitative estimate of drug-likeness (QED) is 0.812. The second kappa shape index (κ2) is 6.71. The Morgan fingerprint density at radius 1 is 1.50 bits per heavy atom. The molecule has 1 fully saturated rings. The fourth-order valence-corrected chi connectivity index (χ4v) is 2.75. The van der Waals surface area contributed by atoms with Crippen molar-refractivity contribution in [3.05, 3.63) is 15.8 Å². The predicted molar refractivity (Wildman–Crippen MR) is 75.7 cm³/mol. The Bertz CT molecular complexity index is 475. The number of anilines is 1. The minimum absolute atomic E-state index is 0.106. The first-order valence-electron chi connectivity index (χ1n) is 6.46. The van der Waals surface area contributed by atoms with Gasteiger partial charge in [0, 0.05) is 29.8 Å². The minimum atomic E-state index is -0.517. The molecule has 1 aromatic rings. The van der Waals surface area contributed by atoms with Crippen molar-refractivity contribution in [2.75, 3.05) is 25.6 Å². The van der Waals surface area contributed by atoms with E-state index in [1.807, 2.05) is 6.92 Å². The Balaban J connectivity index is 1.76. The van der Waals surface area contributed by atoms with E-state index >= 15 is 0 Å². The summed E-state index contributed by atoms with van der Waals surface area (Å²) < 4.78 is 10.2. The van der Waals surface area contributed by atoms with Crippen molar-refractivity contribution >= 4 is 28.9 Å². The highest BCUT2D eigenvalue weighted by atomic mass is 32.1. The van der Waals surface area contributed by atoms with Gasteiger partial charge in [-0.15, -0.1) is 11.3 Å². The molecular weight excluding hydrogens is 280 g/mol. The minimum Gasteiger partial charge on any atom is -0.451 e. The van der Waals surface area contributed by atoms with E-state index in [0.717, 1.165) is 17.7 Å². The smallest absolute Gasteiger partial charge is 0.348 e. The topological polar surface area (TPSA) is 90.7 Å². The molecule has 0 aromatic carbocycles. The van der Waals surface area contributed by atoms with Crippen LogP contribution in [0.3, 0.4) is 0 Å². The summed E-state index contributed by atoms with van der Waals surface area (Å²) in [4.78, 5) is 24.7. The zero-order valence-electron chi connectivity index (χ0n) is 11.3. The molecule has 6 nitrogen and oxygen atoms in total. The second-order valence-corrected chi connectivity index (χ2v) is 5.91. The first-order chi connectivity index (χ1) is 9.56. The average Bonchev–Trinajstić information content (AvgIpc) is 2.77. The lowest BCUT2D eigenvalue weighted by atomic mass is 10.1. The maximum absolute atomic E-state index is 11.7. The van der Waals surface area contributed by atoms with Gasteiger partial charge in [-0.1, -0.05) is 0 Å². The molecule has 2 heterocycles. The molecular formula is C13H18N2O4S. The molecule has 0 atom stereocenters. The molecule has 0 saturated carbocycles. The Labute approximate surface area is 121 Å². The lowest BCUT2D eigenvalue weighted by Gasteiger charge is -2.22. The van der Waals surface area contributed by atoms with Crippen LogP contribution in [0, 0.1) is 6.92 Å². The predicted octanol–water partition coefficient (Wildman–Crippen LogP) is 1.09. The van der Waals surface area contributed by atoms with Crippen LogP contribution < -0.4 is 11.1 Å². The molecule has 0 aliphatic carbocycles. The van der Waals surface area contributed by atoms with Gasteiger partial charge in [-0.25, -0.2) is 4.79 Å². The number of carbonyl (C=O) groups excluding carboxylic acids is 2. The van der Waals surface area contributed by atoms with E-state index in [1.54, 1.807) is 6.07 Å². The van der Waals surface area contributed by atoms with Gasteiger partial charge in [0.15, 0.2) is 6.61 Å². The third-order valence-electron chi connectivity index (χ3n) is 3.08. The van der Waals surface area contributed by atoms with Gasteiger partial charge in [0.25, 0.3) is 5.91 Å². The van der Waals surface area contributed by atoms with Crippen molar-refractivity contribution < 1.29 is 19.1 Å². The number of thiophene rings is 1. The van der Waals surface area contributed by atoms with Crippen molar-refractivity contribution in [2.45, 2.75) is 25.8 Å². The maximum Gasteiger partial charge on any atom is 0.348 e. The van der Waals surface area contributed by atoms with Crippen LogP contribution in [0.5, 0.6) is 0 Å². The Morgan fingerprint density at radius 3 is 2.80 bits per heavy atom. The highest BCUT2D eigenvalue weighted by Gasteiger charge is 2.18. The summed E-state index contributed by atoms with van der Waals surface area (Å²) in [6.07, 6.45) is 1.58. The maximum atomic E-state index is 11.7. The molecule has 3 N–H and O–H groups in total. The van der Waals surface area contributed by atoms with Gasteiger partial charge in [-0.05, 0) is 25.8 Å². The number of hydrogen-bond donors (Lipinski definition) is 2. The van der Waals surface area contributed by atoms with E-state index in [9.17, 15) is 9.59 Å². The number of aryl methyl sites for hydroxylation is 1. The lowest BCUT2D eigenvalue weighted by Crippen LogP contribution is -2.40. The van der Waals surface area contributed by atoms with E-state index in [2.05, 4.69) is 5.32 Å². The van der Waals surface area contributed by atoms with E-state index in [1.165, 1.54) is 11.3 Å². The molecule has 2 rings (SSSR count). The van der Waals surface area contributed by atoms with E-state index < -0.39 is 5.97 Å². The third kappa shape index (κ3) is 3.94. The number of nitrogens with two attached hydrogens (primary N) is 1. The molecule has 1 amide bonds. The summed E-state index contributed by atoms with van der Waals surface area (Å²) in [6, 6.07) is 1.67. The number of ether oxygens (including phenoxy) is 2. The molecule has 1 saturated heterocycles. The Morgan fingerprint density at radius 2 is 2.20 bits per heavy atom. The number of hydrogen-bond acceptors (Lipinski definition) is 6. The Hall–Kier alpha value is -1.60. The van der Waals surface area contributed by atoms with Gasteiger partial charge in [-0.3, -0.25) is 4.79 Å². The van der Waals surface area contributed by atoms with Gasteiger partial charge < -0.3 is 20.5 Å². The zero-order valence-corrected chi connectivity index (χ0v) is 12.1. The summed E-state index contributed by atoms with van der Waals surface area (Å²) in [6.45, 7) is 2.86. The number of nitrogen functional groups attached to an aromatic ring is 1. The fourth-order valence-electron chi connectivity index (χ4n) is 1.91. The second-order valence-electron chi connectivity index (χ2n) is 4.65. The van der Waals surface area contributed by atoms with Crippen molar-refractivity contribution in [2.24, 2.45) is 0 Å². The van der Waals surface area contributed by atoms with Gasteiger partial charge in [0.2, 0.25) is 0 Å². The molecule has 0 unspecified atom stereocenters. The summed E-state index contributed by atoms with van der Waals surface area (Å²) in [7, 11) is 0. The largest absolute Gasteiger partial charge is 0.451 e. The van der Waals surface area contributed by atoms with E-state index in [0.29, 0.717) is 23.8 Å². The van der Waals surface area contributed by atoms with Crippen LogP contribution in [0.1, 0.15) is 27.4 Å². The third-order valence-corrected chi connectivity index (χ3v) is 4.12. The number of rotatable bonds is 4. The van der Waals surface area contributed by atoms with Crippen LogP contribution in [-0.4, -0.2) is 37.7 Å². The standard InChI is InChI=1S/C13H18N2O4S/c1-8-10(14)6-11(20-8)13(17)19-7-12(16)15-9-2-4-18-5-3-9/h6,9H,2-5,7,14H2,1H3,(H,15,16). The normalized spacial score (nSPS) is 15.8. The summed E-state index contributed by atoms with van der Waals surface area (Å²) in [5.41, 5.74) is 6.23. The van der Waals surface area contributed by atoms with Crippen LogP contribution in [-0.2, 0) is 14.3 Å². The molecule has 1 aliphatic heterocycles. The van der Waals surface area contributed by atoms with Gasteiger partial charge in [0.1, 0.15) is 4.88 Å². The van der Waals surface area contributed by atoms with Crippen molar-refractivity contribution in [3.63, 3.8) is 0 Å². The van der Waals surface area contributed by atoms with Gasteiger partial charge >= 0.3 is 5.97 Å². The SMILES string of the molecule is Cc1sc(C(=O)OCC(=O)NC2CCOCC2)cc1N. The molecule has 0 radical (unpaired) electrons.